The minimum Gasteiger partial charge on any atom is -0.471 e. The Bertz CT molecular complexity index is 1410. The maximum atomic E-state index is 11.5. The highest BCUT2D eigenvalue weighted by molar-refractivity contribution is 6.33. The second kappa shape index (κ2) is 8.87. The molecule has 5 rings (SSSR count). The SMILES string of the molecule is CC1(C)CC(NC(=O)O)c2cc(-c3ccc(Cl)cc3)c(-c3ccc(-c4ncon4)cc3Cl)nc2O1. The van der Waals surface area contributed by atoms with E-state index in [0.717, 1.165) is 11.1 Å². The van der Waals surface area contributed by atoms with E-state index in [1.54, 1.807) is 18.2 Å². The molecule has 0 saturated heterocycles. The third-order valence-electron chi connectivity index (χ3n) is 5.76. The molecule has 1 unspecified atom stereocenters. The number of nitrogens with one attached hydrogen (secondary N) is 1. The number of hydrogen-bond acceptors (Lipinski definition) is 6. The van der Waals surface area contributed by atoms with Gasteiger partial charge in [-0.25, -0.2) is 9.78 Å². The maximum absolute atomic E-state index is 11.5. The van der Waals surface area contributed by atoms with E-state index in [9.17, 15) is 9.90 Å². The van der Waals surface area contributed by atoms with E-state index in [0.29, 0.717) is 50.6 Å². The number of hydrogen-bond donors (Lipinski definition) is 2. The minimum atomic E-state index is -1.11. The van der Waals surface area contributed by atoms with Crippen molar-refractivity contribution in [1.82, 2.24) is 20.4 Å². The summed E-state index contributed by atoms with van der Waals surface area (Å²) in [5.74, 6) is 0.772. The molecular weight excluding hydrogens is 491 g/mol. The first kappa shape index (κ1) is 23.1. The molecule has 2 N–H and O–H groups in total. The van der Waals surface area contributed by atoms with Gasteiger partial charge in [0.25, 0.3) is 0 Å². The van der Waals surface area contributed by atoms with Crippen LogP contribution in [0.15, 0.2) is 59.4 Å². The summed E-state index contributed by atoms with van der Waals surface area (Å²) in [4.78, 5) is 20.5. The predicted octanol–water partition coefficient (Wildman–Crippen LogP) is 6.64. The molecule has 0 saturated carbocycles. The number of aromatic nitrogens is 3. The first-order valence-electron chi connectivity index (χ1n) is 10.8. The van der Waals surface area contributed by atoms with E-state index >= 15 is 0 Å². The van der Waals surface area contributed by atoms with Crippen molar-refractivity contribution < 1.29 is 19.2 Å². The van der Waals surface area contributed by atoms with Gasteiger partial charge in [-0.15, -0.1) is 0 Å². The van der Waals surface area contributed by atoms with Crippen molar-refractivity contribution in [2.75, 3.05) is 0 Å². The fourth-order valence-electron chi connectivity index (χ4n) is 4.22. The maximum Gasteiger partial charge on any atom is 0.405 e. The van der Waals surface area contributed by atoms with Crippen molar-refractivity contribution >= 4 is 29.3 Å². The molecule has 0 fully saturated rings. The molecule has 0 aliphatic carbocycles. The molecule has 1 atom stereocenters. The summed E-state index contributed by atoms with van der Waals surface area (Å²) in [7, 11) is 0. The molecule has 35 heavy (non-hydrogen) atoms. The monoisotopic (exact) mass is 510 g/mol. The summed E-state index contributed by atoms with van der Waals surface area (Å²) in [5, 5.41) is 16.9. The van der Waals surface area contributed by atoms with Crippen LogP contribution in [0.2, 0.25) is 10.0 Å². The molecule has 0 bridgehead atoms. The zero-order chi connectivity index (χ0) is 24.7. The first-order chi connectivity index (χ1) is 16.7. The van der Waals surface area contributed by atoms with Crippen LogP contribution >= 0.6 is 23.2 Å². The van der Waals surface area contributed by atoms with Gasteiger partial charge < -0.3 is 19.7 Å². The zero-order valence-corrected chi connectivity index (χ0v) is 20.3. The highest BCUT2D eigenvalue weighted by atomic mass is 35.5. The van der Waals surface area contributed by atoms with Gasteiger partial charge in [-0.05, 0) is 43.7 Å². The lowest BCUT2D eigenvalue weighted by Gasteiger charge is -2.37. The third-order valence-corrected chi connectivity index (χ3v) is 6.32. The van der Waals surface area contributed by atoms with Crippen molar-refractivity contribution in [3.63, 3.8) is 0 Å². The van der Waals surface area contributed by atoms with E-state index in [1.165, 1.54) is 6.39 Å². The molecule has 8 nitrogen and oxygen atoms in total. The standard InChI is InChI=1S/C25H20Cl2N4O4/c1-25(2)11-20(29-24(32)33)18-10-17(13-3-6-15(26)7-4-13)21(30-23(18)35-25)16-8-5-14(9-19(16)27)22-28-12-34-31-22/h3-10,12,20,29H,11H2,1-2H3,(H,32,33). The average molecular weight is 511 g/mol. The van der Waals surface area contributed by atoms with Crippen LogP contribution in [0, 0.1) is 0 Å². The summed E-state index contributed by atoms with van der Waals surface area (Å²) in [5.41, 5.74) is 3.58. The fourth-order valence-corrected chi connectivity index (χ4v) is 4.62. The number of ether oxygens (including phenoxy) is 1. The lowest BCUT2D eigenvalue weighted by atomic mass is 9.88. The minimum absolute atomic E-state index is 0.353. The van der Waals surface area contributed by atoms with E-state index in [-0.39, 0.29) is 0 Å². The summed E-state index contributed by atoms with van der Waals surface area (Å²) in [6.07, 6.45) is 0.588. The Hall–Kier alpha value is -3.62. The summed E-state index contributed by atoms with van der Waals surface area (Å²) >= 11 is 12.8. The topological polar surface area (TPSA) is 110 Å². The lowest BCUT2D eigenvalue weighted by Crippen LogP contribution is -2.41. The van der Waals surface area contributed by atoms with Gasteiger partial charge in [-0.1, -0.05) is 52.6 Å². The molecule has 1 amide bonds. The van der Waals surface area contributed by atoms with Crippen molar-refractivity contribution in [1.29, 1.82) is 0 Å². The summed E-state index contributed by atoms with van der Waals surface area (Å²) < 4.78 is 11.0. The molecule has 1 aliphatic heterocycles. The smallest absolute Gasteiger partial charge is 0.405 e. The molecule has 0 spiro atoms. The molecule has 0 radical (unpaired) electrons. The van der Waals surface area contributed by atoms with Crippen LogP contribution in [0.5, 0.6) is 5.88 Å². The molecule has 2 aromatic carbocycles. The second-order valence-corrected chi connectivity index (χ2v) is 9.65. The van der Waals surface area contributed by atoms with E-state index in [2.05, 4.69) is 15.5 Å². The summed E-state index contributed by atoms with van der Waals surface area (Å²) in [6.45, 7) is 3.79. The number of halogens is 2. The number of fused-ring (bicyclic) bond motifs is 1. The highest BCUT2D eigenvalue weighted by Gasteiger charge is 2.37. The Labute approximate surface area is 210 Å². The third kappa shape index (κ3) is 4.67. The molecule has 2 aromatic heterocycles. The van der Waals surface area contributed by atoms with Crippen molar-refractivity contribution in [3.8, 4) is 39.7 Å². The first-order valence-corrected chi connectivity index (χ1v) is 11.5. The molecule has 4 aromatic rings. The summed E-state index contributed by atoms with van der Waals surface area (Å²) in [6, 6.07) is 14.2. The van der Waals surface area contributed by atoms with Gasteiger partial charge in [0, 0.05) is 33.7 Å². The van der Waals surface area contributed by atoms with Crippen molar-refractivity contribution in [3.05, 3.63) is 70.5 Å². The number of rotatable bonds is 4. The van der Waals surface area contributed by atoms with E-state index < -0.39 is 17.7 Å². The van der Waals surface area contributed by atoms with Crippen LogP contribution in [-0.4, -0.2) is 31.9 Å². The van der Waals surface area contributed by atoms with Crippen LogP contribution in [0.3, 0.4) is 0 Å². The number of nitrogens with zero attached hydrogens (tertiary/aromatic N) is 3. The number of benzene rings is 2. The Kier molecular flexibility index (Phi) is 5.86. The van der Waals surface area contributed by atoms with Crippen LogP contribution in [0.1, 0.15) is 31.9 Å². The fraction of sp³-hybridized carbons (Fsp3) is 0.200. The van der Waals surface area contributed by atoms with Gasteiger partial charge in [-0.3, -0.25) is 0 Å². The predicted molar refractivity (Wildman–Crippen MR) is 132 cm³/mol. The molecular formula is C25H20Cl2N4O4. The van der Waals surface area contributed by atoms with Gasteiger partial charge in [-0.2, -0.15) is 4.98 Å². The second-order valence-electron chi connectivity index (χ2n) is 8.80. The number of amides is 1. The quantitative estimate of drug-likeness (QED) is 0.316. The van der Waals surface area contributed by atoms with E-state index in [4.69, 9.17) is 37.4 Å². The Morgan fingerprint density at radius 1 is 1.09 bits per heavy atom. The van der Waals surface area contributed by atoms with Crippen LogP contribution < -0.4 is 10.1 Å². The Morgan fingerprint density at radius 2 is 1.83 bits per heavy atom. The average Bonchev–Trinajstić information content (AvgIpc) is 3.33. The van der Waals surface area contributed by atoms with Crippen molar-refractivity contribution in [2.45, 2.75) is 31.9 Å². The lowest BCUT2D eigenvalue weighted by molar-refractivity contribution is 0.0604. The van der Waals surface area contributed by atoms with Gasteiger partial charge in [0.05, 0.1) is 16.8 Å². The van der Waals surface area contributed by atoms with E-state index in [1.807, 2.05) is 44.2 Å². The normalized spacial score (nSPS) is 16.3. The Morgan fingerprint density at radius 3 is 2.49 bits per heavy atom. The number of carboxylic acid groups (broad SMARTS) is 1. The molecule has 178 valence electrons. The molecule has 3 heterocycles. The number of pyridine rings is 1. The van der Waals surface area contributed by atoms with Gasteiger partial charge in [0.1, 0.15) is 5.60 Å². The van der Waals surface area contributed by atoms with Gasteiger partial charge >= 0.3 is 6.09 Å². The highest BCUT2D eigenvalue weighted by Crippen LogP contribution is 2.45. The molecule has 1 aliphatic rings. The number of carbonyl (C=O) groups is 1. The largest absolute Gasteiger partial charge is 0.471 e. The zero-order valence-electron chi connectivity index (χ0n) is 18.8. The van der Waals surface area contributed by atoms with Crippen LogP contribution in [0.4, 0.5) is 4.79 Å². The van der Waals surface area contributed by atoms with Crippen LogP contribution in [-0.2, 0) is 0 Å². The van der Waals surface area contributed by atoms with Gasteiger partial charge in [0.2, 0.25) is 18.1 Å². The van der Waals surface area contributed by atoms with Crippen molar-refractivity contribution in [2.24, 2.45) is 0 Å². The van der Waals surface area contributed by atoms with Crippen LogP contribution in [0.25, 0.3) is 33.8 Å². The Balaban J connectivity index is 1.71. The molecule has 10 heteroatoms. The van der Waals surface area contributed by atoms with Gasteiger partial charge in [0.15, 0.2) is 0 Å².